The number of carbonyl (C=O) groups excluding carboxylic acids is 1. The van der Waals surface area contributed by atoms with Gasteiger partial charge in [-0.3, -0.25) is 4.79 Å². The Bertz CT molecular complexity index is 220. The minimum atomic E-state index is 0.267. The molecular weight excluding hydrogens is 222 g/mol. The molecule has 1 saturated carbocycles. The molecule has 0 radical (unpaired) electrons. The van der Waals surface area contributed by atoms with Crippen molar-refractivity contribution >= 4 is 17.5 Å². The minimum absolute atomic E-state index is 0.267. The molecule has 0 spiro atoms. The predicted octanol–water partition coefficient (Wildman–Crippen LogP) is 3.19. The average Bonchev–Trinajstić information content (AvgIpc) is 2.70. The van der Waals surface area contributed by atoms with E-state index in [2.05, 4.69) is 19.2 Å². The third kappa shape index (κ3) is 4.32. The smallest absolute Gasteiger partial charge is 0.223 e. The van der Waals surface area contributed by atoms with Gasteiger partial charge in [0.1, 0.15) is 0 Å². The van der Waals surface area contributed by atoms with Gasteiger partial charge in [-0.2, -0.15) is 0 Å². The number of carbonyl (C=O) groups is 1. The first-order valence-corrected chi connectivity index (χ1v) is 7.02. The molecule has 16 heavy (non-hydrogen) atoms. The fourth-order valence-electron chi connectivity index (χ4n) is 2.41. The summed E-state index contributed by atoms with van der Waals surface area (Å²) >= 11 is 5.73. The molecule has 3 atom stereocenters. The second-order valence-corrected chi connectivity index (χ2v) is 5.52. The number of amides is 1. The molecule has 0 aliphatic heterocycles. The van der Waals surface area contributed by atoms with Gasteiger partial charge in [0.2, 0.25) is 5.91 Å². The van der Waals surface area contributed by atoms with Crippen LogP contribution in [0.25, 0.3) is 0 Å². The van der Waals surface area contributed by atoms with Crippen molar-refractivity contribution in [3.8, 4) is 0 Å². The highest BCUT2D eigenvalue weighted by molar-refractivity contribution is 6.18. The lowest BCUT2D eigenvalue weighted by molar-refractivity contribution is -0.125. The lowest BCUT2D eigenvalue weighted by Crippen LogP contribution is -2.32. The highest BCUT2D eigenvalue weighted by Gasteiger charge is 2.29. The summed E-state index contributed by atoms with van der Waals surface area (Å²) in [7, 11) is 0. The van der Waals surface area contributed by atoms with Gasteiger partial charge in [0.25, 0.3) is 0 Å². The molecular formula is C13H24ClNO. The van der Waals surface area contributed by atoms with Gasteiger partial charge in [0.15, 0.2) is 0 Å². The Labute approximate surface area is 104 Å². The highest BCUT2D eigenvalue weighted by atomic mass is 35.5. The van der Waals surface area contributed by atoms with E-state index in [-0.39, 0.29) is 11.8 Å². The Balaban J connectivity index is 2.10. The SMILES string of the molecule is CC(CCl)CCCNC(=O)C1CCCC1C. The van der Waals surface area contributed by atoms with E-state index in [1.54, 1.807) is 0 Å². The standard InChI is InChI=1S/C13H24ClNO/c1-10(9-14)5-4-8-15-13(16)12-7-3-6-11(12)2/h10-12H,3-9H2,1-2H3,(H,15,16). The van der Waals surface area contributed by atoms with Gasteiger partial charge in [-0.05, 0) is 37.5 Å². The zero-order valence-corrected chi connectivity index (χ0v) is 11.2. The van der Waals surface area contributed by atoms with E-state index in [0.29, 0.717) is 17.7 Å². The molecule has 1 N–H and O–H groups in total. The molecule has 0 aromatic carbocycles. The van der Waals surface area contributed by atoms with E-state index >= 15 is 0 Å². The van der Waals surface area contributed by atoms with E-state index in [0.717, 1.165) is 25.8 Å². The van der Waals surface area contributed by atoms with Crippen LogP contribution in [0.15, 0.2) is 0 Å². The van der Waals surface area contributed by atoms with Crippen molar-refractivity contribution in [2.75, 3.05) is 12.4 Å². The normalized spacial score (nSPS) is 26.7. The van der Waals surface area contributed by atoms with Crippen molar-refractivity contribution in [1.82, 2.24) is 5.32 Å². The van der Waals surface area contributed by atoms with E-state index < -0.39 is 0 Å². The summed E-state index contributed by atoms with van der Waals surface area (Å²) in [5.41, 5.74) is 0. The van der Waals surface area contributed by atoms with Gasteiger partial charge in [0.05, 0.1) is 0 Å². The molecule has 0 saturated heterocycles. The molecule has 0 aromatic rings. The fourth-order valence-corrected chi connectivity index (χ4v) is 2.56. The van der Waals surface area contributed by atoms with Crippen molar-refractivity contribution in [3.63, 3.8) is 0 Å². The summed E-state index contributed by atoms with van der Waals surface area (Å²) in [5, 5.41) is 3.05. The van der Waals surface area contributed by atoms with Crippen LogP contribution in [-0.4, -0.2) is 18.3 Å². The first-order chi connectivity index (χ1) is 7.65. The first-order valence-electron chi connectivity index (χ1n) is 6.48. The fraction of sp³-hybridized carbons (Fsp3) is 0.923. The van der Waals surface area contributed by atoms with Crippen molar-refractivity contribution in [2.24, 2.45) is 17.8 Å². The Kier molecular flexibility index (Phi) is 6.18. The van der Waals surface area contributed by atoms with E-state index in [4.69, 9.17) is 11.6 Å². The number of hydrogen-bond acceptors (Lipinski definition) is 1. The maximum Gasteiger partial charge on any atom is 0.223 e. The number of nitrogens with one attached hydrogen (secondary N) is 1. The van der Waals surface area contributed by atoms with Gasteiger partial charge in [0, 0.05) is 18.3 Å². The van der Waals surface area contributed by atoms with Crippen molar-refractivity contribution < 1.29 is 4.79 Å². The van der Waals surface area contributed by atoms with Gasteiger partial charge in [-0.15, -0.1) is 11.6 Å². The zero-order chi connectivity index (χ0) is 12.0. The third-order valence-electron chi connectivity index (χ3n) is 3.63. The zero-order valence-electron chi connectivity index (χ0n) is 10.5. The molecule has 94 valence electrons. The van der Waals surface area contributed by atoms with Crippen LogP contribution in [-0.2, 0) is 4.79 Å². The van der Waals surface area contributed by atoms with Crippen LogP contribution in [0.5, 0.6) is 0 Å². The molecule has 0 heterocycles. The van der Waals surface area contributed by atoms with Crippen LogP contribution < -0.4 is 5.32 Å². The lowest BCUT2D eigenvalue weighted by Gasteiger charge is -2.15. The van der Waals surface area contributed by atoms with Crippen LogP contribution >= 0.6 is 11.6 Å². The Morgan fingerprint density at radius 2 is 2.25 bits per heavy atom. The quantitative estimate of drug-likeness (QED) is 0.565. The summed E-state index contributed by atoms with van der Waals surface area (Å²) in [6.07, 6.45) is 5.64. The summed E-state index contributed by atoms with van der Waals surface area (Å²) in [4.78, 5) is 11.8. The van der Waals surface area contributed by atoms with E-state index in [1.807, 2.05) is 0 Å². The largest absolute Gasteiger partial charge is 0.356 e. The predicted molar refractivity (Wildman–Crippen MR) is 68.6 cm³/mol. The number of halogens is 1. The summed E-state index contributed by atoms with van der Waals surface area (Å²) in [6.45, 7) is 5.14. The number of alkyl halides is 1. The Morgan fingerprint density at radius 1 is 1.50 bits per heavy atom. The molecule has 2 nitrogen and oxygen atoms in total. The second kappa shape index (κ2) is 7.16. The molecule has 1 aliphatic rings. The van der Waals surface area contributed by atoms with Crippen LogP contribution in [0.4, 0.5) is 0 Å². The van der Waals surface area contributed by atoms with E-state index in [1.165, 1.54) is 12.8 Å². The van der Waals surface area contributed by atoms with Crippen molar-refractivity contribution in [2.45, 2.75) is 46.0 Å². The van der Waals surface area contributed by atoms with Crippen molar-refractivity contribution in [3.05, 3.63) is 0 Å². The van der Waals surface area contributed by atoms with Crippen LogP contribution in [0.1, 0.15) is 46.0 Å². The van der Waals surface area contributed by atoms with E-state index in [9.17, 15) is 4.79 Å². The number of hydrogen-bond donors (Lipinski definition) is 1. The van der Waals surface area contributed by atoms with Crippen LogP contribution in [0, 0.1) is 17.8 Å². The molecule has 3 unspecified atom stereocenters. The Morgan fingerprint density at radius 3 is 2.81 bits per heavy atom. The first kappa shape index (κ1) is 13.8. The third-order valence-corrected chi connectivity index (χ3v) is 4.16. The van der Waals surface area contributed by atoms with Gasteiger partial charge < -0.3 is 5.32 Å². The van der Waals surface area contributed by atoms with Gasteiger partial charge >= 0.3 is 0 Å². The molecule has 1 fully saturated rings. The number of rotatable bonds is 6. The summed E-state index contributed by atoms with van der Waals surface area (Å²) < 4.78 is 0. The average molecular weight is 246 g/mol. The maximum atomic E-state index is 11.8. The molecule has 1 rings (SSSR count). The monoisotopic (exact) mass is 245 g/mol. The molecule has 0 aromatic heterocycles. The molecule has 1 aliphatic carbocycles. The highest BCUT2D eigenvalue weighted by Crippen LogP contribution is 2.31. The van der Waals surface area contributed by atoms with Crippen molar-refractivity contribution in [1.29, 1.82) is 0 Å². The Hall–Kier alpha value is -0.240. The minimum Gasteiger partial charge on any atom is -0.356 e. The molecule has 1 amide bonds. The second-order valence-electron chi connectivity index (χ2n) is 5.21. The summed E-state index contributed by atoms with van der Waals surface area (Å²) in [6, 6.07) is 0. The van der Waals surface area contributed by atoms with Crippen LogP contribution in [0.3, 0.4) is 0 Å². The van der Waals surface area contributed by atoms with Gasteiger partial charge in [-0.1, -0.05) is 20.3 Å². The molecule has 0 bridgehead atoms. The summed E-state index contributed by atoms with van der Waals surface area (Å²) in [5.74, 6) is 2.38. The topological polar surface area (TPSA) is 29.1 Å². The van der Waals surface area contributed by atoms with Gasteiger partial charge in [-0.25, -0.2) is 0 Å². The lowest BCUT2D eigenvalue weighted by atomic mass is 9.97. The molecule has 3 heteroatoms. The maximum absolute atomic E-state index is 11.8. The van der Waals surface area contributed by atoms with Crippen LogP contribution in [0.2, 0.25) is 0 Å².